The second-order valence-corrected chi connectivity index (χ2v) is 10.1. The number of hydrogen-bond acceptors (Lipinski definition) is 6. The Balaban J connectivity index is 1.29. The van der Waals surface area contributed by atoms with Crippen molar-refractivity contribution in [3.8, 4) is 23.3 Å². The third-order valence-corrected chi connectivity index (χ3v) is 7.68. The van der Waals surface area contributed by atoms with Crippen molar-refractivity contribution in [3.63, 3.8) is 0 Å². The number of halogens is 1. The van der Waals surface area contributed by atoms with Gasteiger partial charge in [-0.1, -0.05) is 11.8 Å². The Morgan fingerprint density at radius 1 is 1.26 bits per heavy atom. The van der Waals surface area contributed by atoms with E-state index in [1.165, 1.54) is 35.1 Å². The number of fused-ring (bicyclic) bond motifs is 3. The van der Waals surface area contributed by atoms with Crippen LogP contribution in [0.25, 0.3) is 15.9 Å². The molecule has 6 nitrogen and oxygen atoms in total. The number of rotatable bonds is 6. The largest absolute Gasteiger partial charge is 0.490 e. The molecule has 0 aliphatic carbocycles. The van der Waals surface area contributed by atoms with Gasteiger partial charge in [0.2, 0.25) is 0 Å². The number of ether oxygens (including phenoxy) is 1. The van der Waals surface area contributed by atoms with Crippen molar-refractivity contribution >= 4 is 21.6 Å². The number of thiophene rings is 1. The number of aliphatic hydroxyl groups is 1. The van der Waals surface area contributed by atoms with Crippen LogP contribution in [0.15, 0.2) is 41.5 Å². The van der Waals surface area contributed by atoms with Crippen LogP contribution in [-0.4, -0.2) is 57.1 Å². The van der Waals surface area contributed by atoms with E-state index in [0.29, 0.717) is 33.6 Å². The first-order valence-electron chi connectivity index (χ1n) is 11.8. The zero-order valence-electron chi connectivity index (χ0n) is 19.1. The summed E-state index contributed by atoms with van der Waals surface area (Å²) in [6.07, 6.45) is 5.88. The molecule has 0 radical (unpaired) electrons. The SMILES string of the molecule is CC(O)C#Cc1cc2ncn(-c3ccc(O[C@H]4C[C@H]5CC[C@@H](C4)N5CCCF)cc3)c(=O)c2s1. The fraction of sp³-hybridized carbons (Fsp3) is 0.462. The topological polar surface area (TPSA) is 67.6 Å². The van der Waals surface area contributed by atoms with E-state index in [1.807, 2.05) is 24.3 Å². The Hall–Kier alpha value is -2.73. The molecule has 8 heteroatoms. The van der Waals surface area contributed by atoms with Gasteiger partial charge in [0.05, 0.1) is 22.8 Å². The first-order chi connectivity index (χ1) is 16.5. The maximum absolute atomic E-state index is 13.0. The lowest BCUT2D eigenvalue weighted by Gasteiger charge is -2.38. The minimum atomic E-state index is -0.723. The summed E-state index contributed by atoms with van der Waals surface area (Å²) >= 11 is 1.28. The highest BCUT2D eigenvalue weighted by molar-refractivity contribution is 7.19. The van der Waals surface area contributed by atoms with Crippen molar-refractivity contribution in [2.24, 2.45) is 0 Å². The van der Waals surface area contributed by atoms with E-state index in [1.54, 1.807) is 13.0 Å². The Labute approximate surface area is 202 Å². The number of benzene rings is 1. The normalized spacial score (nSPS) is 23.0. The molecule has 5 rings (SSSR count). The fourth-order valence-corrected chi connectivity index (χ4v) is 6.04. The van der Waals surface area contributed by atoms with E-state index in [-0.39, 0.29) is 18.3 Å². The number of hydrogen-bond donors (Lipinski definition) is 1. The molecule has 0 spiro atoms. The molecule has 2 aliphatic rings. The van der Waals surface area contributed by atoms with Gasteiger partial charge in [0.1, 0.15) is 29.0 Å². The lowest BCUT2D eigenvalue weighted by molar-refractivity contribution is 0.0478. The molecular formula is C26H28FN3O3S. The molecular weight excluding hydrogens is 453 g/mol. The summed E-state index contributed by atoms with van der Waals surface area (Å²) in [4.78, 5) is 20.6. The van der Waals surface area contributed by atoms with Crippen molar-refractivity contribution in [1.82, 2.24) is 14.5 Å². The standard InChI is InChI=1S/C26H28FN3O3S/c1-17(31)3-10-23-15-24-25(34-23)26(32)30(16-28-24)18-6-8-21(9-7-18)33-22-13-19-4-5-20(14-22)29(19)12-2-11-27/h6-9,15-17,19-20,22,31H,2,4-5,11-14H2,1H3/t17?,19-,20+,22+. The van der Waals surface area contributed by atoms with Crippen LogP contribution in [0.4, 0.5) is 4.39 Å². The summed E-state index contributed by atoms with van der Waals surface area (Å²) in [5.74, 6) is 6.37. The summed E-state index contributed by atoms with van der Waals surface area (Å²) < 4.78 is 21.0. The van der Waals surface area contributed by atoms with Crippen molar-refractivity contribution in [1.29, 1.82) is 0 Å². The summed E-state index contributed by atoms with van der Waals surface area (Å²) in [6, 6.07) is 10.3. The second kappa shape index (κ2) is 9.87. The number of nitrogens with zero attached hydrogens (tertiary/aromatic N) is 3. The predicted octanol–water partition coefficient (Wildman–Crippen LogP) is 3.91. The average Bonchev–Trinajstić information content (AvgIpc) is 3.35. The quantitative estimate of drug-likeness (QED) is 0.541. The van der Waals surface area contributed by atoms with Crippen LogP contribution in [0, 0.1) is 11.8 Å². The molecule has 0 saturated carbocycles. The molecule has 3 aromatic rings. The minimum Gasteiger partial charge on any atom is -0.490 e. The summed E-state index contributed by atoms with van der Waals surface area (Å²) in [6.45, 7) is 2.19. The van der Waals surface area contributed by atoms with Crippen LogP contribution in [0.2, 0.25) is 0 Å². The molecule has 34 heavy (non-hydrogen) atoms. The predicted molar refractivity (Wildman–Crippen MR) is 132 cm³/mol. The van der Waals surface area contributed by atoms with Crippen molar-refractivity contribution < 1.29 is 14.2 Å². The van der Waals surface area contributed by atoms with Crippen LogP contribution in [0.5, 0.6) is 5.75 Å². The van der Waals surface area contributed by atoms with E-state index in [4.69, 9.17) is 4.74 Å². The maximum atomic E-state index is 13.0. The molecule has 2 bridgehead atoms. The molecule has 2 saturated heterocycles. The molecule has 4 heterocycles. The Bertz CT molecular complexity index is 1260. The van der Waals surface area contributed by atoms with Gasteiger partial charge in [0, 0.05) is 18.6 Å². The molecule has 1 unspecified atom stereocenters. The van der Waals surface area contributed by atoms with Gasteiger partial charge in [-0.2, -0.15) is 0 Å². The first-order valence-corrected chi connectivity index (χ1v) is 12.6. The molecule has 2 aromatic heterocycles. The summed E-state index contributed by atoms with van der Waals surface area (Å²) in [7, 11) is 0. The highest BCUT2D eigenvalue weighted by atomic mass is 32.1. The van der Waals surface area contributed by atoms with Crippen molar-refractivity contribution in [2.45, 2.75) is 63.3 Å². The van der Waals surface area contributed by atoms with Crippen LogP contribution in [0.3, 0.4) is 0 Å². The highest BCUT2D eigenvalue weighted by Gasteiger charge is 2.41. The Morgan fingerprint density at radius 2 is 2.00 bits per heavy atom. The number of aliphatic hydroxyl groups excluding tert-OH is 1. The fourth-order valence-electron chi connectivity index (χ4n) is 5.14. The van der Waals surface area contributed by atoms with Crippen LogP contribution < -0.4 is 10.3 Å². The van der Waals surface area contributed by atoms with Gasteiger partial charge in [-0.3, -0.25) is 18.7 Å². The Kier molecular flexibility index (Phi) is 6.68. The lowest BCUT2D eigenvalue weighted by atomic mass is 9.99. The number of piperidine rings is 1. The van der Waals surface area contributed by atoms with Gasteiger partial charge in [-0.05, 0) is 69.4 Å². The van der Waals surface area contributed by atoms with Gasteiger partial charge >= 0.3 is 0 Å². The maximum Gasteiger partial charge on any atom is 0.275 e. The van der Waals surface area contributed by atoms with E-state index >= 15 is 0 Å². The van der Waals surface area contributed by atoms with Crippen LogP contribution in [0.1, 0.15) is 43.9 Å². The van der Waals surface area contributed by atoms with Gasteiger partial charge < -0.3 is 9.84 Å². The molecule has 0 amide bonds. The van der Waals surface area contributed by atoms with E-state index < -0.39 is 6.10 Å². The molecule has 178 valence electrons. The molecule has 4 atom stereocenters. The van der Waals surface area contributed by atoms with Crippen molar-refractivity contribution in [2.75, 3.05) is 13.2 Å². The minimum absolute atomic E-state index is 0.147. The van der Waals surface area contributed by atoms with Crippen LogP contribution in [-0.2, 0) is 0 Å². The third kappa shape index (κ3) is 4.74. The lowest BCUT2D eigenvalue weighted by Crippen LogP contribution is -2.46. The van der Waals surface area contributed by atoms with Gasteiger partial charge in [-0.15, -0.1) is 11.3 Å². The second-order valence-electron chi connectivity index (χ2n) is 9.06. The Morgan fingerprint density at radius 3 is 2.68 bits per heavy atom. The van der Waals surface area contributed by atoms with E-state index in [2.05, 4.69) is 21.7 Å². The van der Waals surface area contributed by atoms with Crippen molar-refractivity contribution in [3.05, 3.63) is 51.9 Å². The number of aromatic nitrogens is 2. The van der Waals surface area contributed by atoms with Crippen LogP contribution >= 0.6 is 11.3 Å². The summed E-state index contributed by atoms with van der Waals surface area (Å²) in [5, 5.41) is 9.36. The third-order valence-electron chi connectivity index (χ3n) is 6.65. The summed E-state index contributed by atoms with van der Waals surface area (Å²) in [5.41, 5.74) is 1.18. The van der Waals surface area contributed by atoms with Gasteiger partial charge in [0.15, 0.2) is 0 Å². The van der Waals surface area contributed by atoms with Gasteiger partial charge in [-0.25, -0.2) is 4.98 Å². The molecule has 2 fully saturated rings. The molecule has 1 N–H and O–H groups in total. The molecule has 1 aromatic carbocycles. The average molecular weight is 482 g/mol. The number of alkyl halides is 1. The zero-order chi connectivity index (χ0) is 23.7. The highest BCUT2D eigenvalue weighted by Crippen LogP contribution is 2.37. The zero-order valence-corrected chi connectivity index (χ0v) is 19.9. The van der Waals surface area contributed by atoms with E-state index in [0.717, 1.165) is 30.8 Å². The first kappa shape index (κ1) is 23.0. The van der Waals surface area contributed by atoms with Gasteiger partial charge in [0.25, 0.3) is 5.56 Å². The smallest absolute Gasteiger partial charge is 0.275 e. The van der Waals surface area contributed by atoms with E-state index in [9.17, 15) is 14.3 Å². The monoisotopic (exact) mass is 481 g/mol. The molecule has 2 aliphatic heterocycles.